The summed E-state index contributed by atoms with van der Waals surface area (Å²) in [6.45, 7) is 5.54. The normalized spacial score (nSPS) is 11.5. The van der Waals surface area contributed by atoms with Crippen molar-refractivity contribution in [3.05, 3.63) is 45.7 Å². The summed E-state index contributed by atoms with van der Waals surface area (Å²) in [5.74, 6) is 0.758. The molecule has 0 radical (unpaired) electrons. The van der Waals surface area contributed by atoms with E-state index < -0.39 is 0 Å². The Kier molecular flexibility index (Phi) is 5.68. The zero-order chi connectivity index (χ0) is 15.1. The molecule has 2 aromatic rings. The van der Waals surface area contributed by atoms with Crippen LogP contribution in [-0.4, -0.2) is 23.0 Å². The third-order valence-corrected chi connectivity index (χ3v) is 4.26. The maximum Gasteiger partial charge on any atom is 0.191 e. The van der Waals surface area contributed by atoms with Crippen LogP contribution in [0.25, 0.3) is 0 Å². The first-order valence-corrected chi connectivity index (χ1v) is 7.83. The van der Waals surface area contributed by atoms with E-state index in [0.717, 1.165) is 23.1 Å². The van der Waals surface area contributed by atoms with Crippen molar-refractivity contribution in [1.82, 2.24) is 20.6 Å². The number of nitrogens with one attached hydrogen (secondary N) is 2. The van der Waals surface area contributed by atoms with Crippen molar-refractivity contribution in [2.24, 2.45) is 4.99 Å². The van der Waals surface area contributed by atoms with Gasteiger partial charge in [-0.25, -0.2) is 4.98 Å². The highest BCUT2D eigenvalue weighted by molar-refractivity contribution is 7.11. The van der Waals surface area contributed by atoms with Crippen molar-refractivity contribution in [3.8, 4) is 0 Å². The van der Waals surface area contributed by atoms with Gasteiger partial charge >= 0.3 is 0 Å². The summed E-state index contributed by atoms with van der Waals surface area (Å²) in [4.78, 5) is 14.3. The Bertz CT molecular complexity index is 606. The van der Waals surface area contributed by atoms with Gasteiger partial charge in [-0.3, -0.25) is 9.98 Å². The minimum Gasteiger partial charge on any atom is -0.351 e. The molecule has 0 aliphatic carbocycles. The highest BCUT2D eigenvalue weighted by atomic mass is 32.1. The second-order valence-corrected chi connectivity index (χ2v) is 5.82. The summed E-state index contributed by atoms with van der Waals surface area (Å²) >= 11 is 1.73. The van der Waals surface area contributed by atoms with Crippen LogP contribution in [0, 0.1) is 6.92 Å². The first-order chi connectivity index (χ1) is 10.2. The third-order valence-electron chi connectivity index (χ3n) is 3.12. The molecule has 112 valence electrons. The minimum absolute atomic E-state index is 0.657. The summed E-state index contributed by atoms with van der Waals surface area (Å²) < 4.78 is 0. The van der Waals surface area contributed by atoms with Gasteiger partial charge in [0.2, 0.25) is 0 Å². The van der Waals surface area contributed by atoms with Crippen LogP contribution in [0.5, 0.6) is 0 Å². The SMILES string of the molecule is CCc1cnc(CNC(=NC)NCc2ncccc2C)s1. The summed E-state index contributed by atoms with van der Waals surface area (Å²) in [6.07, 6.45) is 4.78. The van der Waals surface area contributed by atoms with E-state index >= 15 is 0 Å². The zero-order valence-electron chi connectivity index (χ0n) is 12.7. The molecule has 2 rings (SSSR count). The van der Waals surface area contributed by atoms with Crippen LogP contribution < -0.4 is 10.6 Å². The van der Waals surface area contributed by atoms with Crippen LogP contribution >= 0.6 is 11.3 Å². The molecule has 2 heterocycles. The largest absolute Gasteiger partial charge is 0.351 e. The topological polar surface area (TPSA) is 62.2 Å². The molecule has 0 bridgehead atoms. The number of aliphatic imine (C=N–C) groups is 1. The van der Waals surface area contributed by atoms with Gasteiger partial charge in [0.15, 0.2) is 5.96 Å². The molecule has 2 N–H and O–H groups in total. The van der Waals surface area contributed by atoms with E-state index in [1.807, 2.05) is 18.5 Å². The number of thiazole rings is 1. The molecule has 0 spiro atoms. The van der Waals surface area contributed by atoms with Gasteiger partial charge in [-0.05, 0) is 25.0 Å². The minimum atomic E-state index is 0.657. The van der Waals surface area contributed by atoms with Gasteiger partial charge in [0.1, 0.15) is 5.01 Å². The van der Waals surface area contributed by atoms with E-state index in [1.54, 1.807) is 18.4 Å². The van der Waals surface area contributed by atoms with E-state index in [1.165, 1.54) is 10.4 Å². The first-order valence-electron chi connectivity index (χ1n) is 7.01. The first kappa shape index (κ1) is 15.4. The molecule has 5 nitrogen and oxygen atoms in total. The Morgan fingerprint density at radius 3 is 2.76 bits per heavy atom. The van der Waals surface area contributed by atoms with Crippen LogP contribution in [0.2, 0.25) is 0 Å². The van der Waals surface area contributed by atoms with Gasteiger partial charge < -0.3 is 10.6 Å². The second kappa shape index (κ2) is 7.73. The maximum absolute atomic E-state index is 4.39. The summed E-state index contributed by atoms with van der Waals surface area (Å²) in [5.41, 5.74) is 2.20. The van der Waals surface area contributed by atoms with Gasteiger partial charge in [0, 0.05) is 24.3 Å². The molecule has 0 unspecified atom stereocenters. The molecular weight excluding hydrogens is 282 g/mol. The van der Waals surface area contributed by atoms with Crippen LogP contribution in [0.3, 0.4) is 0 Å². The van der Waals surface area contributed by atoms with Crippen molar-refractivity contribution >= 4 is 17.3 Å². The summed E-state index contributed by atoms with van der Waals surface area (Å²) in [7, 11) is 1.76. The fourth-order valence-corrected chi connectivity index (χ4v) is 2.65. The number of rotatable bonds is 5. The highest BCUT2D eigenvalue weighted by Gasteiger charge is 2.04. The Morgan fingerprint density at radius 2 is 2.10 bits per heavy atom. The summed E-state index contributed by atoms with van der Waals surface area (Å²) in [5, 5.41) is 7.62. The standard InChI is InChI=1S/C15H21N5S/c1-4-12-8-18-14(21-12)10-20-15(16-3)19-9-13-11(2)6-5-7-17-13/h5-8H,4,9-10H2,1-3H3,(H2,16,19,20). The lowest BCUT2D eigenvalue weighted by Gasteiger charge is -2.11. The molecule has 0 amide bonds. The van der Waals surface area contributed by atoms with Gasteiger partial charge in [-0.2, -0.15) is 0 Å². The van der Waals surface area contributed by atoms with Gasteiger partial charge in [0.25, 0.3) is 0 Å². The molecule has 0 atom stereocenters. The zero-order valence-corrected chi connectivity index (χ0v) is 13.5. The lowest BCUT2D eigenvalue weighted by molar-refractivity contribution is 0.787. The molecule has 0 aromatic carbocycles. The van der Waals surface area contributed by atoms with Crippen molar-refractivity contribution in [2.75, 3.05) is 7.05 Å². The number of hydrogen-bond acceptors (Lipinski definition) is 4. The lowest BCUT2D eigenvalue weighted by atomic mass is 10.2. The number of hydrogen-bond donors (Lipinski definition) is 2. The maximum atomic E-state index is 4.39. The van der Waals surface area contributed by atoms with E-state index in [4.69, 9.17) is 0 Å². The van der Waals surface area contributed by atoms with E-state index in [0.29, 0.717) is 13.1 Å². The Labute approximate surface area is 129 Å². The predicted octanol–water partition coefficient (Wildman–Crippen LogP) is 2.27. The Balaban J connectivity index is 1.85. The van der Waals surface area contributed by atoms with Crippen LogP contribution in [-0.2, 0) is 19.5 Å². The number of aromatic nitrogens is 2. The molecule has 21 heavy (non-hydrogen) atoms. The second-order valence-electron chi connectivity index (χ2n) is 4.62. The highest BCUT2D eigenvalue weighted by Crippen LogP contribution is 2.12. The average molecular weight is 303 g/mol. The molecule has 6 heteroatoms. The average Bonchev–Trinajstić information content (AvgIpc) is 2.97. The number of guanidine groups is 1. The molecule has 0 aliphatic rings. The van der Waals surface area contributed by atoms with Crippen molar-refractivity contribution in [1.29, 1.82) is 0 Å². The van der Waals surface area contributed by atoms with Crippen LogP contribution in [0.1, 0.15) is 28.1 Å². The van der Waals surface area contributed by atoms with E-state index in [2.05, 4.69) is 45.5 Å². The Morgan fingerprint density at radius 1 is 1.29 bits per heavy atom. The molecule has 0 aliphatic heterocycles. The molecule has 0 saturated heterocycles. The van der Waals surface area contributed by atoms with E-state index in [-0.39, 0.29) is 0 Å². The number of nitrogens with zero attached hydrogens (tertiary/aromatic N) is 3. The lowest BCUT2D eigenvalue weighted by Crippen LogP contribution is -2.36. The fraction of sp³-hybridized carbons (Fsp3) is 0.400. The van der Waals surface area contributed by atoms with Crippen LogP contribution in [0.4, 0.5) is 0 Å². The smallest absolute Gasteiger partial charge is 0.191 e. The molecule has 0 saturated carbocycles. The van der Waals surface area contributed by atoms with Crippen molar-refractivity contribution in [3.63, 3.8) is 0 Å². The molecular formula is C15H21N5S. The van der Waals surface area contributed by atoms with Gasteiger partial charge in [0.05, 0.1) is 18.8 Å². The molecule has 2 aromatic heterocycles. The molecule has 0 fully saturated rings. The summed E-state index contributed by atoms with van der Waals surface area (Å²) in [6, 6.07) is 4.00. The van der Waals surface area contributed by atoms with E-state index in [9.17, 15) is 0 Å². The third kappa shape index (κ3) is 4.53. The quantitative estimate of drug-likeness (QED) is 0.657. The van der Waals surface area contributed by atoms with Crippen LogP contribution in [0.15, 0.2) is 29.5 Å². The predicted molar refractivity (Wildman–Crippen MR) is 87.5 cm³/mol. The van der Waals surface area contributed by atoms with Crippen molar-refractivity contribution < 1.29 is 0 Å². The number of aryl methyl sites for hydroxylation is 2. The Hall–Kier alpha value is -1.95. The monoisotopic (exact) mass is 303 g/mol. The number of pyridine rings is 1. The van der Waals surface area contributed by atoms with Crippen molar-refractivity contribution in [2.45, 2.75) is 33.4 Å². The van der Waals surface area contributed by atoms with Gasteiger partial charge in [-0.15, -0.1) is 11.3 Å². The van der Waals surface area contributed by atoms with Gasteiger partial charge in [-0.1, -0.05) is 13.0 Å². The fourth-order valence-electron chi connectivity index (χ4n) is 1.84.